The normalized spacial score (nSPS) is 20.1. The van der Waals surface area contributed by atoms with Crippen molar-refractivity contribution >= 4 is 50.3 Å². The molecule has 3 rings (SSSR count). The molecule has 2 atom stereocenters. The minimum Gasteiger partial charge on any atom is -0.444 e. The van der Waals surface area contributed by atoms with Crippen molar-refractivity contribution in [2.75, 3.05) is 18.0 Å². The molecule has 6 nitrogen and oxygen atoms in total. The van der Waals surface area contributed by atoms with Crippen molar-refractivity contribution in [2.45, 2.75) is 58.5 Å². The number of anilines is 1. The molecular formula is C20H22BrClF4N4O2. The number of halogens is 6. The lowest BCUT2D eigenvalue weighted by Gasteiger charge is -2.45. The summed E-state index contributed by atoms with van der Waals surface area (Å²) in [5.41, 5.74) is -2.18. The Labute approximate surface area is 196 Å². The van der Waals surface area contributed by atoms with Crippen LogP contribution in [-0.4, -0.2) is 51.7 Å². The van der Waals surface area contributed by atoms with Crippen LogP contribution in [0.3, 0.4) is 0 Å². The van der Waals surface area contributed by atoms with Gasteiger partial charge in [-0.25, -0.2) is 14.2 Å². The lowest BCUT2D eigenvalue weighted by molar-refractivity contribution is -0.138. The van der Waals surface area contributed by atoms with E-state index in [1.54, 1.807) is 44.4 Å². The maximum absolute atomic E-state index is 14.8. The molecule has 12 heteroatoms. The highest BCUT2D eigenvalue weighted by atomic mass is 79.9. The van der Waals surface area contributed by atoms with Gasteiger partial charge in [0.25, 0.3) is 0 Å². The lowest BCUT2D eigenvalue weighted by Crippen LogP contribution is -2.59. The molecule has 1 aromatic heterocycles. The summed E-state index contributed by atoms with van der Waals surface area (Å²) in [7, 11) is 0. The zero-order chi connectivity index (χ0) is 24.2. The van der Waals surface area contributed by atoms with E-state index in [9.17, 15) is 22.4 Å². The van der Waals surface area contributed by atoms with E-state index in [1.165, 1.54) is 0 Å². The SMILES string of the molecule is CC1CN(c2nc(Cl)nc3c(F)c(Br)c(C(F)(F)F)cc23)[C@@H](C)CN1C(=O)OC(C)(C)C. The number of hydrogen-bond acceptors (Lipinski definition) is 5. The van der Waals surface area contributed by atoms with Gasteiger partial charge in [0.15, 0.2) is 5.82 Å². The van der Waals surface area contributed by atoms with E-state index >= 15 is 0 Å². The van der Waals surface area contributed by atoms with Crippen molar-refractivity contribution in [1.82, 2.24) is 14.9 Å². The van der Waals surface area contributed by atoms with E-state index in [-0.39, 0.29) is 47.2 Å². The zero-order valence-electron chi connectivity index (χ0n) is 18.0. The van der Waals surface area contributed by atoms with Gasteiger partial charge in [-0.2, -0.15) is 18.2 Å². The van der Waals surface area contributed by atoms with Gasteiger partial charge in [-0.15, -0.1) is 0 Å². The molecule has 1 aromatic carbocycles. The summed E-state index contributed by atoms with van der Waals surface area (Å²) in [5.74, 6) is -1.10. The van der Waals surface area contributed by atoms with Crippen LogP contribution in [0.15, 0.2) is 10.5 Å². The standard InChI is InChI=1S/C20H22BrClF4N4O2/c1-9-8-30(18(31)32-19(3,4)5)10(2)7-29(9)16-11-6-12(20(24,25)26)13(21)14(23)15(11)27-17(22)28-16/h6,9-10H,7-8H2,1-5H3/t9-,10?/m0/s1. The third-order valence-corrected chi connectivity index (χ3v) is 5.96. The first-order valence-electron chi connectivity index (χ1n) is 9.79. The number of alkyl halides is 3. The number of piperazine rings is 1. The molecule has 1 aliphatic heterocycles. The number of ether oxygens (including phenoxy) is 1. The summed E-state index contributed by atoms with van der Waals surface area (Å²) < 4.78 is 60.0. The smallest absolute Gasteiger partial charge is 0.417 e. The summed E-state index contributed by atoms with van der Waals surface area (Å²) >= 11 is 8.68. The van der Waals surface area contributed by atoms with E-state index in [2.05, 4.69) is 25.9 Å². The van der Waals surface area contributed by atoms with E-state index in [1.807, 2.05) is 0 Å². The van der Waals surface area contributed by atoms with Crippen LogP contribution >= 0.6 is 27.5 Å². The van der Waals surface area contributed by atoms with E-state index in [4.69, 9.17) is 16.3 Å². The summed E-state index contributed by atoms with van der Waals surface area (Å²) in [5, 5.41) is -0.417. The predicted molar refractivity (Wildman–Crippen MR) is 116 cm³/mol. The highest BCUT2D eigenvalue weighted by molar-refractivity contribution is 9.10. The average Bonchev–Trinajstić information content (AvgIpc) is 2.63. The van der Waals surface area contributed by atoms with E-state index < -0.39 is 33.7 Å². The van der Waals surface area contributed by atoms with Gasteiger partial charge in [0, 0.05) is 30.6 Å². The molecule has 1 aliphatic rings. The predicted octanol–water partition coefficient (Wildman–Crippen LogP) is 6.04. The summed E-state index contributed by atoms with van der Waals surface area (Å²) in [4.78, 5) is 23.8. The quantitative estimate of drug-likeness (QED) is 0.326. The van der Waals surface area contributed by atoms with Crippen LogP contribution in [0.5, 0.6) is 0 Å². The third-order valence-electron chi connectivity index (χ3n) is 5.02. The second-order valence-electron chi connectivity index (χ2n) is 8.75. The molecule has 0 saturated carbocycles. The maximum Gasteiger partial charge on any atom is 0.417 e. The Kier molecular flexibility index (Phi) is 6.56. The van der Waals surface area contributed by atoms with Gasteiger partial charge >= 0.3 is 12.3 Å². The van der Waals surface area contributed by atoms with Crippen LogP contribution in [0.25, 0.3) is 10.9 Å². The Morgan fingerprint density at radius 1 is 1.19 bits per heavy atom. The number of nitrogens with zero attached hydrogens (tertiary/aromatic N) is 4. The lowest BCUT2D eigenvalue weighted by atomic mass is 10.1. The van der Waals surface area contributed by atoms with Gasteiger partial charge < -0.3 is 14.5 Å². The molecule has 0 bridgehead atoms. The summed E-state index contributed by atoms with van der Waals surface area (Å²) in [6.07, 6.45) is -5.28. The molecule has 32 heavy (non-hydrogen) atoms. The molecule has 0 spiro atoms. The van der Waals surface area contributed by atoms with E-state index in [0.29, 0.717) is 0 Å². The third kappa shape index (κ3) is 4.88. The number of fused-ring (bicyclic) bond motifs is 1. The van der Waals surface area contributed by atoms with Crippen molar-refractivity contribution in [2.24, 2.45) is 0 Å². The summed E-state index contributed by atoms with van der Waals surface area (Å²) in [6, 6.07) is 0.0901. The fourth-order valence-electron chi connectivity index (χ4n) is 3.58. The first-order valence-corrected chi connectivity index (χ1v) is 11.0. The fraction of sp³-hybridized carbons (Fsp3) is 0.550. The molecule has 2 heterocycles. The van der Waals surface area contributed by atoms with Crippen LogP contribution in [0.2, 0.25) is 5.28 Å². The number of aromatic nitrogens is 2. The van der Waals surface area contributed by atoms with Crippen LogP contribution in [0, 0.1) is 5.82 Å². The first kappa shape index (κ1) is 24.8. The van der Waals surface area contributed by atoms with Crippen molar-refractivity contribution in [3.63, 3.8) is 0 Å². The Morgan fingerprint density at radius 3 is 2.38 bits per heavy atom. The molecule has 1 amide bonds. The Balaban J connectivity index is 2.06. The van der Waals surface area contributed by atoms with E-state index in [0.717, 1.165) is 6.07 Å². The number of rotatable bonds is 1. The molecule has 2 aromatic rings. The van der Waals surface area contributed by atoms with Gasteiger partial charge in [-0.1, -0.05) is 0 Å². The van der Waals surface area contributed by atoms with Gasteiger partial charge in [-0.05, 0) is 68.2 Å². The Bertz CT molecular complexity index is 1060. The fourth-order valence-corrected chi connectivity index (χ4v) is 4.27. The molecule has 0 aliphatic carbocycles. The van der Waals surface area contributed by atoms with Crippen molar-refractivity contribution in [1.29, 1.82) is 0 Å². The number of benzene rings is 1. The van der Waals surface area contributed by atoms with Gasteiger partial charge in [0.1, 0.15) is 16.9 Å². The monoisotopic (exact) mass is 540 g/mol. The van der Waals surface area contributed by atoms with Crippen molar-refractivity contribution < 1.29 is 27.1 Å². The topological polar surface area (TPSA) is 58.6 Å². The maximum atomic E-state index is 14.8. The summed E-state index contributed by atoms with van der Waals surface area (Å²) in [6.45, 7) is 9.29. The number of hydrogen-bond donors (Lipinski definition) is 0. The van der Waals surface area contributed by atoms with Gasteiger partial charge in [0.2, 0.25) is 5.28 Å². The minimum absolute atomic E-state index is 0.0695. The number of carbonyl (C=O) groups is 1. The Hall–Kier alpha value is -1.88. The van der Waals surface area contributed by atoms with Crippen LogP contribution in [-0.2, 0) is 10.9 Å². The number of amides is 1. The van der Waals surface area contributed by atoms with Gasteiger partial charge in [-0.3, -0.25) is 0 Å². The molecule has 1 saturated heterocycles. The second kappa shape index (κ2) is 8.48. The molecule has 1 unspecified atom stereocenters. The first-order chi connectivity index (χ1) is 14.6. The van der Waals surface area contributed by atoms with Crippen LogP contribution in [0.4, 0.5) is 28.2 Å². The van der Waals surface area contributed by atoms with Crippen molar-refractivity contribution in [3.05, 3.63) is 27.2 Å². The molecule has 176 valence electrons. The zero-order valence-corrected chi connectivity index (χ0v) is 20.4. The highest BCUT2D eigenvalue weighted by Crippen LogP contribution is 2.41. The van der Waals surface area contributed by atoms with Crippen LogP contribution in [0.1, 0.15) is 40.2 Å². The largest absolute Gasteiger partial charge is 0.444 e. The number of carbonyl (C=O) groups excluding carboxylic acids is 1. The Morgan fingerprint density at radius 2 is 1.81 bits per heavy atom. The molecule has 0 radical (unpaired) electrons. The molecular weight excluding hydrogens is 520 g/mol. The second-order valence-corrected chi connectivity index (χ2v) is 9.88. The average molecular weight is 542 g/mol. The van der Waals surface area contributed by atoms with Crippen molar-refractivity contribution in [3.8, 4) is 0 Å². The molecule has 1 fully saturated rings. The molecule has 0 N–H and O–H groups in total. The highest BCUT2D eigenvalue weighted by Gasteiger charge is 2.38. The van der Waals surface area contributed by atoms with Crippen LogP contribution < -0.4 is 4.90 Å². The van der Waals surface area contributed by atoms with Gasteiger partial charge in [0.05, 0.1) is 10.0 Å². The minimum atomic E-state index is -4.79.